The number of imide groups is 1. The molecule has 7 nitrogen and oxygen atoms in total. The molecule has 0 spiro atoms. The molecule has 0 radical (unpaired) electrons. The zero-order valence-electron chi connectivity index (χ0n) is 22.1. The molecule has 2 heterocycles. The van der Waals surface area contributed by atoms with Gasteiger partial charge in [-0.3, -0.25) is 19.3 Å². The maximum absolute atomic E-state index is 13.3. The quantitative estimate of drug-likeness (QED) is 0.235. The van der Waals surface area contributed by atoms with Crippen molar-refractivity contribution in [2.24, 2.45) is 0 Å². The molecule has 3 amide bonds. The second kappa shape index (κ2) is 10.8. The molecule has 0 saturated carbocycles. The summed E-state index contributed by atoms with van der Waals surface area (Å²) in [5, 5.41) is 14.7. The average Bonchev–Trinajstić information content (AvgIpc) is 3.40. The molecule has 8 heteroatoms. The molecule has 1 aliphatic heterocycles. The van der Waals surface area contributed by atoms with Gasteiger partial charge in [-0.1, -0.05) is 72.8 Å². The summed E-state index contributed by atoms with van der Waals surface area (Å²) in [5.74, 6) is -0.951. The summed E-state index contributed by atoms with van der Waals surface area (Å²) in [5.41, 5.74) is 4.80. The van der Waals surface area contributed by atoms with Crippen molar-refractivity contribution in [1.29, 1.82) is 5.26 Å². The Morgan fingerprint density at radius 2 is 1.63 bits per heavy atom. The standard InChI is InChI=1S/C33H24N4O3S/c1-21-27(26-14-6-7-16-29(26)36(21)19-24-11-3-2-10-23(24)18-34)17-30-32(39)37(33(40)41-30)20-31(38)35-28-15-8-12-22-9-4-5-13-25(22)28/h2-17H,19-20H2,1H3,(H,35,38)/b30-17-. The summed E-state index contributed by atoms with van der Waals surface area (Å²) in [7, 11) is 0. The molecule has 1 N–H and O–H groups in total. The van der Waals surface area contributed by atoms with Gasteiger partial charge in [0, 0.05) is 39.8 Å². The number of aromatic nitrogens is 1. The fraction of sp³-hybridized carbons (Fsp3) is 0.0909. The molecular formula is C33H24N4O3S. The van der Waals surface area contributed by atoms with E-state index in [1.165, 1.54) is 0 Å². The Hall–Kier alpha value is -5.13. The molecule has 1 aromatic heterocycles. The van der Waals surface area contributed by atoms with Gasteiger partial charge in [0.2, 0.25) is 5.91 Å². The number of rotatable bonds is 6. The number of fused-ring (bicyclic) bond motifs is 2. The molecule has 200 valence electrons. The highest BCUT2D eigenvalue weighted by Crippen LogP contribution is 2.36. The number of para-hydroxylation sites is 1. The Bertz CT molecular complexity index is 1940. The Balaban J connectivity index is 1.27. The molecule has 6 rings (SSSR count). The highest BCUT2D eigenvalue weighted by molar-refractivity contribution is 8.18. The maximum Gasteiger partial charge on any atom is 0.294 e. The van der Waals surface area contributed by atoms with Gasteiger partial charge >= 0.3 is 0 Å². The third kappa shape index (κ3) is 4.88. The molecule has 4 aromatic carbocycles. The van der Waals surface area contributed by atoms with Crippen molar-refractivity contribution in [2.75, 3.05) is 11.9 Å². The number of nitrogens with zero attached hydrogens (tertiary/aromatic N) is 3. The Kier molecular flexibility index (Phi) is 6.88. The Morgan fingerprint density at radius 1 is 0.927 bits per heavy atom. The van der Waals surface area contributed by atoms with Gasteiger partial charge in [0.25, 0.3) is 11.1 Å². The van der Waals surface area contributed by atoms with Gasteiger partial charge in [-0.05, 0) is 53.9 Å². The first kappa shape index (κ1) is 26.1. The molecule has 1 aliphatic rings. The number of amides is 3. The van der Waals surface area contributed by atoms with E-state index in [0.717, 1.165) is 55.2 Å². The number of thioether (sulfide) groups is 1. The topological polar surface area (TPSA) is 95.2 Å². The van der Waals surface area contributed by atoms with Crippen molar-refractivity contribution in [1.82, 2.24) is 9.47 Å². The third-order valence-corrected chi connectivity index (χ3v) is 8.17. The van der Waals surface area contributed by atoms with Crippen LogP contribution in [0.1, 0.15) is 22.4 Å². The van der Waals surface area contributed by atoms with Crippen LogP contribution < -0.4 is 5.32 Å². The largest absolute Gasteiger partial charge is 0.340 e. The lowest BCUT2D eigenvalue weighted by molar-refractivity contribution is -0.127. The molecular weight excluding hydrogens is 532 g/mol. The van der Waals surface area contributed by atoms with Crippen molar-refractivity contribution in [3.05, 3.63) is 118 Å². The molecule has 0 aliphatic carbocycles. The number of benzene rings is 4. The minimum atomic E-state index is -0.501. The van der Waals surface area contributed by atoms with Crippen LogP contribution in [0.3, 0.4) is 0 Å². The summed E-state index contributed by atoms with van der Waals surface area (Å²) in [6.07, 6.45) is 1.73. The molecule has 5 aromatic rings. The van der Waals surface area contributed by atoms with Gasteiger partial charge in [0.15, 0.2) is 0 Å². The highest BCUT2D eigenvalue weighted by Gasteiger charge is 2.36. The van der Waals surface area contributed by atoms with E-state index in [1.54, 1.807) is 18.2 Å². The number of carbonyl (C=O) groups excluding carboxylic acids is 3. The van der Waals surface area contributed by atoms with Crippen LogP contribution in [0.5, 0.6) is 0 Å². The van der Waals surface area contributed by atoms with Crippen molar-refractivity contribution in [2.45, 2.75) is 13.5 Å². The minimum absolute atomic E-state index is 0.261. The predicted octanol–water partition coefficient (Wildman–Crippen LogP) is 6.70. The van der Waals surface area contributed by atoms with Crippen molar-refractivity contribution < 1.29 is 14.4 Å². The lowest BCUT2D eigenvalue weighted by atomic mass is 10.1. The number of hydrogen-bond donors (Lipinski definition) is 1. The lowest BCUT2D eigenvalue weighted by Crippen LogP contribution is -2.36. The number of nitrogens with one attached hydrogen (secondary N) is 1. The summed E-state index contributed by atoms with van der Waals surface area (Å²) in [4.78, 5) is 40.4. The zero-order valence-corrected chi connectivity index (χ0v) is 22.9. The summed E-state index contributed by atoms with van der Waals surface area (Å²) < 4.78 is 2.11. The number of carbonyl (C=O) groups is 3. The van der Waals surface area contributed by atoms with Crippen LogP contribution in [0.4, 0.5) is 10.5 Å². The SMILES string of the molecule is Cc1c(/C=C2\SC(=O)N(CC(=O)Nc3cccc4ccccc34)C2=O)c2ccccc2n1Cc1ccccc1C#N. The molecule has 1 fully saturated rings. The summed E-state index contributed by atoms with van der Waals surface area (Å²) in [6.45, 7) is 2.07. The fourth-order valence-electron chi connectivity index (χ4n) is 5.22. The van der Waals surface area contributed by atoms with E-state index in [9.17, 15) is 19.6 Å². The zero-order chi connectivity index (χ0) is 28.5. The number of hydrogen-bond acceptors (Lipinski definition) is 5. The van der Waals surface area contributed by atoms with Gasteiger partial charge in [0.1, 0.15) is 6.54 Å². The minimum Gasteiger partial charge on any atom is -0.340 e. The smallest absolute Gasteiger partial charge is 0.294 e. The van der Waals surface area contributed by atoms with Gasteiger partial charge in [-0.25, -0.2) is 0 Å². The van der Waals surface area contributed by atoms with Crippen LogP contribution in [0.25, 0.3) is 27.8 Å². The first-order valence-corrected chi connectivity index (χ1v) is 13.8. The van der Waals surface area contributed by atoms with E-state index in [4.69, 9.17) is 0 Å². The Morgan fingerprint density at radius 3 is 2.46 bits per heavy atom. The van der Waals surface area contributed by atoms with Crippen LogP contribution in [-0.2, 0) is 16.1 Å². The molecule has 0 bridgehead atoms. The van der Waals surface area contributed by atoms with E-state index in [-0.39, 0.29) is 11.4 Å². The second-order valence-electron chi connectivity index (χ2n) is 9.71. The van der Waals surface area contributed by atoms with Gasteiger partial charge in [-0.15, -0.1) is 0 Å². The monoisotopic (exact) mass is 556 g/mol. The van der Waals surface area contributed by atoms with Crippen molar-refractivity contribution in [3.63, 3.8) is 0 Å². The summed E-state index contributed by atoms with van der Waals surface area (Å²) >= 11 is 0.830. The molecule has 0 unspecified atom stereocenters. The lowest BCUT2D eigenvalue weighted by Gasteiger charge is -2.13. The van der Waals surface area contributed by atoms with Crippen LogP contribution >= 0.6 is 11.8 Å². The van der Waals surface area contributed by atoms with Crippen LogP contribution in [0.15, 0.2) is 95.9 Å². The first-order valence-electron chi connectivity index (χ1n) is 13.0. The van der Waals surface area contributed by atoms with Crippen LogP contribution in [0.2, 0.25) is 0 Å². The van der Waals surface area contributed by atoms with Gasteiger partial charge in [-0.2, -0.15) is 5.26 Å². The average molecular weight is 557 g/mol. The van der Waals surface area contributed by atoms with E-state index < -0.39 is 17.1 Å². The van der Waals surface area contributed by atoms with Crippen molar-refractivity contribution >= 4 is 62.3 Å². The normalized spacial score (nSPS) is 14.2. The van der Waals surface area contributed by atoms with Gasteiger partial charge < -0.3 is 9.88 Å². The third-order valence-electron chi connectivity index (χ3n) is 7.26. The van der Waals surface area contributed by atoms with E-state index >= 15 is 0 Å². The molecule has 1 saturated heterocycles. The van der Waals surface area contributed by atoms with E-state index in [0.29, 0.717) is 17.8 Å². The highest BCUT2D eigenvalue weighted by atomic mass is 32.2. The molecule has 41 heavy (non-hydrogen) atoms. The molecule has 0 atom stereocenters. The van der Waals surface area contributed by atoms with Gasteiger partial charge in [0.05, 0.1) is 16.5 Å². The predicted molar refractivity (Wildman–Crippen MR) is 162 cm³/mol. The van der Waals surface area contributed by atoms with Crippen LogP contribution in [0, 0.1) is 18.3 Å². The summed E-state index contributed by atoms with van der Waals surface area (Å²) in [6, 6.07) is 30.8. The second-order valence-corrected chi connectivity index (χ2v) is 10.7. The maximum atomic E-state index is 13.3. The fourth-order valence-corrected chi connectivity index (χ4v) is 6.04. The van der Waals surface area contributed by atoms with E-state index in [1.807, 2.05) is 85.8 Å². The number of nitriles is 1. The van der Waals surface area contributed by atoms with Crippen molar-refractivity contribution in [3.8, 4) is 6.07 Å². The van der Waals surface area contributed by atoms with Crippen LogP contribution in [-0.4, -0.2) is 33.1 Å². The van der Waals surface area contributed by atoms with E-state index in [2.05, 4.69) is 16.0 Å². The number of anilines is 1. The Labute approximate surface area is 240 Å². The first-order chi connectivity index (χ1) is 19.9.